The zero-order chi connectivity index (χ0) is 50.7. The SMILES string of the molecule is CC(=O)O[C@@H]1[C@H](O[C@H]2[C@H](OCc3ccccc3)[C@@H](N3C(=O)c4ccccc4C3=O)[C@H](F)O[C@@H]2COCc2ccccc2)O[C@@H]2COC3(CCCCC3)O[C@H]2[C@@H]1O[Si](c1ccccc1)(c1ccccc1)C(C)(C)C. The van der Waals surface area contributed by atoms with Crippen LogP contribution in [-0.4, -0.2) is 111 Å². The molecule has 13 nitrogen and oxygen atoms in total. The molecule has 0 N–H and O–H groups in total. The molecule has 0 unspecified atom stereocenters. The summed E-state index contributed by atoms with van der Waals surface area (Å²) in [6.45, 7) is 7.78. The normalized spacial score (nSPS) is 28.1. The molecule has 4 aliphatic heterocycles. The van der Waals surface area contributed by atoms with E-state index in [1.165, 1.54) is 19.1 Å². The molecule has 10 rings (SSSR count). The van der Waals surface area contributed by atoms with Crippen LogP contribution in [0.3, 0.4) is 0 Å². The van der Waals surface area contributed by atoms with Gasteiger partial charge in [0, 0.05) is 19.8 Å². The number of ether oxygens (including phenoxy) is 8. The molecular weight excluding hydrogens is 950 g/mol. The second-order valence-corrected chi connectivity index (χ2v) is 24.9. The van der Waals surface area contributed by atoms with E-state index in [2.05, 4.69) is 45.0 Å². The van der Waals surface area contributed by atoms with Gasteiger partial charge in [-0.2, -0.15) is 0 Å². The Morgan fingerprint density at radius 1 is 0.699 bits per heavy atom. The van der Waals surface area contributed by atoms with Crippen molar-refractivity contribution < 1.29 is 61.1 Å². The van der Waals surface area contributed by atoms with Crippen LogP contribution < -0.4 is 10.4 Å². The maximum atomic E-state index is 17.4. The molecule has 384 valence electrons. The average Bonchev–Trinajstić information content (AvgIpc) is 3.65. The summed E-state index contributed by atoms with van der Waals surface area (Å²) in [5.74, 6) is -2.97. The third kappa shape index (κ3) is 10.4. The summed E-state index contributed by atoms with van der Waals surface area (Å²) >= 11 is 0. The second kappa shape index (κ2) is 21.8. The van der Waals surface area contributed by atoms with Crippen molar-refractivity contribution in [3.8, 4) is 0 Å². The lowest BCUT2D eigenvalue weighted by Gasteiger charge is -2.56. The van der Waals surface area contributed by atoms with Gasteiger partial charge in [-0.25, -0.2) is 4.39 Å². The Bertz CT molecular complexity index is 2600. The highest BCUT2D eigenvalue weighted by Crippen LogP contribution is 2.46. The fourth-order valence-corrected chi connectivity index (χ4v) is 16.1. The number of hydrogen-bond donors (Lipinski definition) is 0. The number of rotatable bonds is 15. The summed E-state index contributed by atoms with van der Waals surface area (Å²) in [6, 6.07) is 43.8. The van der Waals surface area contributed by atoms with Crippen molar-refractivity contribution in [1.82, 2.24) is 4.90 Å². The molecule has 15 heteroatoms. The number of carbonyl (C=O) groups is 3. The Morgan fingerprint density at radius 3 is 1.81 bits per heavy atom. The molecule has 1 aliphatic carbocycles. The van der Waals surface area contributed by atoms with Gasteiger partial charge in [0.05, 0.1) is 37.6 Å². The van der Waals surface area contributed by atoms with E-state index in [-0.39, 0.29) is 37.6 Å². The molecule has 2 amide bonds. The van der Waals surface area contributed by atoms with E-state index in [0.29, 0.717) is 12.8 Å². The fourth-order valence-electron chi connectivity index (χ4n) is 11.4. The minimum absolute atomic E-state index is 0.0672. The summed E-state index contributed by atoms with van der Waals surface area (Å²) in [5.41, 5.74) is 1.85. The molecule has 4 fully saturated rings. The summed E-state index contributed by atoms with van der Waals surface area (Å²) in [4.78, 5) is 43.3. The van der Waals surface area contributed by atoms with Crippen LogP contribution in [0.1, 0.15) is 91.6 Å². The Labute approximate surface area is 427 Å². The smallest absolute Gasteiger partial charge is 0.303 e. The van der Waals surface area contributed by atoms with Gasteiger partial charge in [-0.1, -0.05) is 161 Å². The predicted octanol–water partition coefficient (Wildman–Crippen LogP) is 8.21. The molecule has 1 saturated carbocycles. The van der Waals surface area contributed by atoms with Crippen molar-refractivity contribution in [2.75, 3.05) is 13.2 Å². The molecule has 5 aromatic rings. The summed E-state index contributed by atoms with van der Waals surface area (Å²) in [5, 5.41) is 1.44. The van der Waals surface area contributed by atoms with Crippen molar-refractivity contribution in [3.05, 3.63) is 168 Å². The first-order valence-electron chi connectivity index (χ1n) is 25.5. The second-order valence-electron chi connectivity index (χ2n) is 20.6. The van der Waals surface area contributed by atoms with Gasteiger partial charge in [0.1, 0.15) is 42.7 Å². The molecule has 73 heavy (non-hydrogen) atoms. The van der Waals surface area contributed by atoms with Crippen LogP contribution in [0.15, 0.2) is 146 Å². The monoisotopic (exact) mass is 1010 g/mol. The third-order valence-corrected chi connectivity index (χ3v) is 19.8. The minimum Gasteiger partial charge on any atom is -0.454 e. The Hall–Kier alpha value is -5.46. The highest BCUT2D eigenvalue weighted by molar-refractivity contribution is 6.99. The van der Waals surface area contributed by atoms with E-state index in [4.69, 9.17) is 42.3 Å². The maximum Gasteiger partial charge on any atom is 0.303 e. The number of imide groups is 1. The van der Waals surface area contributed by atoms with Gasteiger partial charge in [0.15, 0.2) is 18.2 Å². The lowest BCUT2D eigenvalue weighted by Crippen LogP contribution is -2.74. The maximum absolute atomic E-state index is 17.4. The molecule has 0 bridgehead atoms. The number of benzene rings is 5. The minimum atomic E-state index is -3.48. The van der Waals surface area contributed by atoms with Crippen LogP contribution in [0.25, 0.3) is 0 Å². The predicted molar refractivity (Wildman–Crippen MR) is 270 cm³/mol. The number of nitrogens with zero attached hydrogens (tertiary/aromatic N) is 1. The van der Waals surface area contributed by atoms with E-state index < -0.39 is 98.3 Å². The number of halogens is 1. The van der Waals surface area contributed by atoms with Gasteiger partial charge in [-0.05, 0) is 51.5 Å². The first-order chi connectivity index (χ1) is 35.4. The first-order valence-corrected chi connectivity index (χ1v) is 27.4. The Kier molecular flexibility index (Phi) is 15.2. The molecule has 5 aromatic carbocycles. The lowest BCUT2D eigenvalue weighted by molar-refractivity contribution is -0.404. The van der Waals surface area contributed by atoms with Crippen LogP contribution in [0.4, 0.5) is 4.39 Å². The van der Waals surface area contributed by atoms with Crippen LogP contribution in [-0.2, 0) is 60.3 Å². The fraction of sp³-hybridized carbons (Fsp3) is 0.431. The zero-order valence-corrected chi connectivity index (χ0v) is 42.7. The summed E-state index contributed by atoms with van der Waals surface area (Å²) < 4.78 is 79.3. The molecule has 4 heterocycles. The van der Waals surface area contributed by atoms with Gasteiger partial charge >= 0.3 is 5.97 Å². The van der Waals surface area contributed by atoms with Gasteiger partial charge < -0.3 is 42.3 Å². The van der Waals surface area contributed by atoms with E-state index >= 15 is 4.39 Å². The number of hydrogen-bond acceptors (Lipinski definition) is 12. The van der Waals surface area contributed by atoms with Crippen LogP contribution in [0.5, 0.6) is 0 Å². The van der Waals surface area contributed by atoms with E-state index in [9.17, 15) is 14.4 Å². The van der Waals surface area contributed by atoms with Gasteiger partial charge in [-0.15, -0.1) is 0 Å². The quantitative estimate of drug-likeness (QED) is 0.0568. The van der Waals surface area contributed by atoms with Crippen LogP contribution in [0.2, 0.25) is 5.04 Å². The van der Waals surface area contributed by atoms with Crippen LogP contribution in [0, 0.1) is 0 Å². The molecule has 5 aliphatic rings. The highest BCUT2D eigenvalue weighted by atomic mass is 28.4. The van der Waals surface area contributed by atoms with Crippen molar-refractivity contribution in [1.29, 1.82) is 0 Å². The van der Waals surface area contributed by atoms with Crippen LogP contribution >= 0.6 is 0 Å². The van der Waals surface area contributed by atoms with Crippen molar-refractivity contribution in [2.45, 2.75) is 145 Å². The number of fused-ring (bicyclic) bond motifs is 2. The Morgan fingerprint density at radius 2 is 1.25 bits per heavy atom. The first kappa shape index (κ1) is 51.0. The Balaban J connectivity index is 1.10. The molecular formula is C58H64FNO12Si. The summed E-state index contributed by atoms with van der Waals surface area (Å²) in [7, 11) is -3.48. The third-order valence-electron chi connectivity index (χ3n) is 14.8. The number of amides is 2. The standard InChI is InChI=1S/C58H64FNO12Si/c1-38(61)67-52-51(72-73(57(2,3)4,41-26-14-7-15-27-41)42-28-16-8-17-29-42)49-46(37-66-58(71-49)32-20-9-21-33-58)69-56(52)70-48-45(36-64-34-39-22-10-5-11-23-39)68-53(59)47(50(48)65-35-40-24-12-6-13-25-40)60-54(62)43-30-18-19-31-44(43)55(60)63/h5-8,10-19,22-31,45-53,56H,9,20-21,32-37H2,1-4H3/t45-,46-,47-,48-,49-,50-,51+,52+,53-,56+/m1/s1. The van der Waals surface area contributed by atoms with E-state index in [1.54, 1.807) is 12.1 Å². The van der Waals surface area contributed by atoms with Crippen molar-refractivity contribution in [2.24, 2.45) is 0 Å². The number of esters is 1. The van der Waals surface area contributed by atoms with Crippen molar-refractivity contribution >= 4 is 36.5 Å². The van der Waals surface area contributed by atoms with E-state index in [0.717, 1.165) is 45.7 Å². The van der Waals surface area contributed by atoms with Gasteiger partial charge in [0.2, 0.25) is 6.36 Å². The zero-order valence-electron chi connectivity index (χ0n) is 41.7. The number of alkyl halides is 1. The largest absolute Gasteiger partial charge is 0.454 e. The highest BCUT2D eigenvalue weighted by Gasteiger charge is 2.63. The van der Waals surface area contributed by atoms with E-state index in [1.807, 2.05) is 97.1 Å². The van der Waals surface area contributed by atoms with Gasteiger partial charge in [0.25, 0.3) is 20.1 Å². The molecule has 10 atom stereocenters. The average molecular weight is 1010 g/mol. The molecule has 0 radical (unpaired) electrons. The molecule has 0 aromatic heterocycles. The topological polar surface area (TPSA) is 138 Å². The lowest BCUT2D eigenvalue weighted by atomic mass is 9.90. The summed E-state index contributed by atoms with van der Waals surface area (Å²) in [6.07, 6.45) is -7.53. The van der Waals surface area contributed by atoms with Crippen molar-refractivity contribution in [3.63, 3.8) is 0 Å². The van der Waals surface area contributed by atoms with Gasteiger partial charge in [-0.3, -0.25) is 19.3 Å². The number of carbonyl (C=O) groups excluding carboxylic acids is 3. The molecule has 3 saturated heterocycles. The molecule has 1 spiro atoms.